The fourth-order valence-corrected chi connectivity index (χ4v) is 2.19. The molecule has 0 aliphatic rings. The van der Waals surface area contributed by atoms with Gasteiger partial charge >= 0.3 is 0 Å². The van der Waals surface area contributed by atoms with Crippen LogP contribution in [0.15, 0.2) is 18.2 Å². The second-order valence-corrected chi connectivity index (χ2v) is 6.18. The van der Waals surface area contributed by atoms with Crippen molar-refractivity contribution in [2.75, 3.05) is 12.8 Å². The number of rotatable bonds is 6. The predicted octanol–water partition coefficient (Wildman–Crippen LogP) is 4.79. The van der Waals surface area contributed by atoms with Crippen molar-refractivity contribution in [1.82, 2.24) is 5.32 Å². The minimum Gasteiger partial charge on any atom is -0.309 e. The molecule has 1 rings (SSSR count). The Labute approximate surface area is 118 Å². The van der Waals surface area contributed by atoms with E-state index in [9.17, 15) is 0 Å². The molecule has 1 N–H and O–H groups in total. The summed E-state index contributed by atoms with van der Waals surface area (Å²) in [7, 11) is 0. The molecule has 0 aliphatic carbocycles. The molecule has 0 amide bonds. The van der Waals surface area contributed by atoms with Gasteiger partial charge in [0.05, 0.1) is 10.0 Å². The van der Waals surface area contributed by atoms with E-state index in [0.717, 1.165) is 13.0 Å². The summed E-state index contributed by atoms with van der Waals surface area (Å²) in [5, 5.41) is 5.42. The Morgan fingerprint density at radius 1 is 1.29 bits per heavy atom. The number of thioether (sulfide) groups is 1. The Bertz CT molecular complexity index is 357. The second kappa shape index (κ2) is 7.52. The van der Waals surface area contributed by atoms with Gasteiger partial charge in [-0.3, -0.25) is 0 Å². The zero-order chi connectivity index (χ0) is 12.8. The van der Waals surface area contributed by atoms with Crippen LogP contribution in [0.4, 0.5) is 0 Å². The van der Waals surface area contributed by atoms with E-state index in [1.54, 1.807) is 0 Å². The minimum atomic E-state index is 0.347. The highest BCUT2D eigenvalue weighted by molar-refractivity contribution is 7.99. The molecule has 0 heterocycles. The number of nitrogens with one attached hydrogen (secondary N) is 1. The lowest BCUT2D eigenvalue weighted by Gasteiger charge is -2.20. The molecule has 0 saturated heterocycles. The maximum absolute atomic E-state index is 6.04. The third kappa shape index (κ3) is 4.70. The van der Waals surface area contributed by atoms with Crippen molar-refractivity contribution in [3.8, 4) is 0 Å². The molecule has 0 saturated carbocycles. The zero-order valence-electron chi connectivity index (χ0n) is 10.5. The van der Waals surface area contributed by atoms with Gasteiger partial charge in [0.25, 0.3) is 0 Å². The molecule has 1 aromatic carbocycles. The Balaban J connectivity index is 2.69. The molecule has 0 spiro atoms. The van der Waals surface area contributed by atoms with Crippen LogP contribution in [0, 0.1) is 0 Å². The van der Waals surface area contributed by atoms with Crippen LogP contribution in [0.3, 0.4) is 0 Å². The fourth-order valence-electron chi connectivity index (χ4n) is 1.62. The first-order valence-electron chi connectivity index (χ1n) is 5.79. The highest BCUT2D eigenvalue weighted by Gasteiger charge is 2.11. The van der Waals surface area contributed by atoms with Crippen LogP contribution in [-0.2, 0) is 0 Å². The molecule has 1 nitrogen and oxygen atoms in total. The topological polar surface area (TPSA) is 12.0 Å². The molecule has 2 unspecified atom stereocenters. The molecule has 96 valence electrons. The Hall–Kier alpha value is 0.110. The molecular weight excluding hydrogens is 273 g/mol. The predicted molar refractivity (Wildman–Crippen MR) is 80.5 cm³/mol. The quantitative estimate of drug-likeness (QED) is 0.809. The fraction of sp³-hybridized carbons (Fsp3) is 0.538. The van der Waals surface area contributed by atoms with Crippen LogP contribution >= 0.6 is 35.0 Å². The van der Waals surface area contributed by atoms with Gasteiger partial charge in [-0.1, -0.05) is 43.1 Å². The maximum atomic E-state index is 6.04. The maximum Gasteiger partial charge on any atom is 0.0595 e. The van der Waals surface area contributed by atoms with E-state index >= 15 is 0 Å². The number of benzene rings is 1. The summed E-state index contributed by atoms with van der Waals surface area (Å²) in [6.45, 7) is 5.39. The second-order valence-electron chi connectivity index (χ2n) is 4.09. The number of hydrogen-bond donors (Lipinski definition) is 1. The third-order valence-electron chi connectivity index (χ3n) is 2.81. The standard InChI is InChI=1S/C13H19Cl2NS/c1-4-13(16-8-9(2)17-3)10-5-6-11(14)12(15)7-10/h5-7,9,13,16H,4,8H2,1-3H3. The highest BCUT2D eigenvalue weighted by atomic mass is 35.5. The first-order valence-corrected chi connectivity index (χ1v) is 7.84. The van der Waals surface area contributed by atoms with Gasteiger partial charge in [-0.05, 0) is 30.4 Å². The van der Waals surface area contributed by atoms with E-state index in [1.165, 1.54) is 5.56 Å². The van der Waals surface area contributed by atoms with Crippen molar-refractivity contribution in [1.29, 1.82) is 0 Å². The van der Waals surface area contributed by atoms with Crippen molar-refractivity contribution in [2.24, 2.45) is 0 Å². The van der Waals surface area contributed by atoms with Gasteiger partial charge in [0.2, 0.25) is 0 Å². The van der Waals surface area contributed by atoms with E-state index in [2.05, 4.69) is 25.4 Å². The van der Waals surface area contributed by atoms with Gasteiger partial charge < -0.3 is 5.32 Å². The van der Waals surface area contributed by atoms with E-state index in [4.69, 9.17) is 23.2 Å². The van der Waals surface area contributed by atoms with Crippen molar-refractivity contribution in [2.45, 2.75) is 31.6 Å². The smallest absolute Gasteiger partial charge is 0.0595 e. The summed E-state index contributed by atoms with van der Waals surface area (Å²) in [6.07, 6.45) is 3.17. The lowest BCUT2D eigenvalue weighted by molar-refractivity contribution is 0.522. The number of hydrogen-bond acceptors (Lipinski definition) is 2. The average Bonchev–Trinajstić information content (AvgIpc) is 2.33. The van der Waals surface area contributed by atoms with Crippen LogP contribution in [0.25, 0.3) is 0 Å². The first kappa shape index (κ1) is 15.2. The van der Waals surface area contributed by atoms with Crippen LogP contribution in [-0.4, -0.2) is 18.1 Å². The van der Waals surface area contributed by atoms with E-state index in [-0.39, 0.29) is 0 Å². The van der Waals surface area contributed by atoms with Crippen molar-refractivity contribution in [3.63, 3.8) is 0 Å². The summed E-state index contributed by atoms with van der Waals surface area (Å²) in [5.74, 6) is 0. The summed E-state index contributed by atoms with van der Waals surface area (Å²) in [4.78, 5) is 0. The molecule has 1 aromatic rings. The van der Waals surface area contributed by atoms with Gasteiger partial charge in [0, 0.05) is 17.8 Å². The van der Waals surface area contributed by atoms with Crippen LogP contribution in [0.5, 0.6) is 0 Å². The largest absolute Gasteiger partial charge is 0.309 e. The lowest BCUT2D eigenvalue weighted by Crippen LogP contribution is -2.27. The first-order chi connectivity index (χ1) is 8.08. The summed E-state index contributed by atoms with van der Waals surface area (Å²) < 4.78 is 0. The molecule has 0 bridgehead atoms. The van der Waals surface area contributed by atoms with Crippen molar-refractivity contribution >= 4 is 35.0 Å². The SMILES string of the molecule is CCC(NCC(C)SC)c1ccc(Cl)c(Cl)c1. The molecular formula is C13H19Cl2NS. The van der Waals surface area contributed by atoms with Crippen LogP contribution in [0.2, 0.25) is 10.0 Å². The van der Waals surface area contributed by atoms with E-state index in [0.29, 0.717) is 21.3 Å². The third-order valence-corrected chi connectivity index (χ3v) is 4.52. The number of halogens is 2. The normalized spacial score (nSPS) is 14.6. The zero-order valence-corrected chi connectivity index (χ0v) is 12.8. The van der Waals surface area contributed by atoms with E-state index in [1.807, 2.05) is 30.0 Å². The van der Waals surface area contributed by atoms with Crippen LogP contribution in [0.1, 0.15) is 31.9 Å². The Kier molecular flexibility index (Phi) is 6.71. The van der Waals surface area contributed by atoms with Gasteiger partial charge in [-0.15, -0.1) is 0 Å². The van der Waals surface area contributed by atoms with Gasteiger partial charge in [0.1, 0.15) is 0 Å². The summed E-state index contributed by atoms with van der Waals surface area (Å²) in [5.41, 5.74) is 1.20. The lowest BCUT2D eigenvalue weighted by atomic mass is 10.0. The molecule has 4 heteroatoms. The van der Waals surface area contributed by atoms with Gasteiger partial charge in [-0.25, -0.2) is 0 Å². The van der Waals surface area contributed by atoms with Crippen LogP contribution < -0.4 is 5.32 Å². The van der Waals surface area contributed by atoms with E-state index < -0.39 is 0 Å². The molecule has 17 heavy (non-hydrogen) atoms. The highest BCUT2D eigenvalue weighted by Crippen LogP contribution is 2.27. The van der Waals surface area contributed by atoms with Crippen molar-refractivity contribution in [3.05, 3.63) is 33.8 Å². The summed E-state index contributed by atoms with van der Waals surface area (Å²) >= 11 is 13.8. The molecule has 0 aliphatic heterocycles. The molecule has 0 fully saturated rings. The van der Waals surface area contributed by atoms with Gasteiger partial charge in [-0.2, -0.15) is 11.8 Å². The minimum absolute atomic E-state index is 0.347. The summed E-state index contributed by atoms with van der Waals surface area (Å²) in [6, 6.07) is 6.20. The van der Waals surface area contributed by atoms with Gasteiger partial charge in [0.15, 0.2) is 0 Å². The monoisotopic (exact) mass is 291 g/mol. The molecule has 0 radical (unpaired) electrons. The molecule has 0 aromatic heterocycles. The Morgan fingerprint density at radius 3 is 2.53 bits per heavy atom. The molecule has 2 atom stereocenters. The Morgan fingerprint density at radius 2 is 2.00 bits per heavy atom. The average molecular weight is 292 g/mol. The van der Waals surface area contributed by atoms with Crippen molar-refractivity contribution < 1.29 is 0 Å².